The van der Waals surface area contributed by atoms with E-state index in [4.69, 9.17) is 33.9 Å². The maximum absolute atomic E-state index is 13.3. The number of nitrogens with zero attached hydrogens (tertiary/aromatic N) is 2. The average Bonchev–Trinajstić information content (AvgIpc) is 3.28. The smallest absolute Gasteiger partial charge is 0.239 e. The minimum absolute atomic E-state index is 0.0884. The number of amides is 2. The van der Waals surface area contributed by atoms with Gasteiger partial charge in [0.1, 0.15) is 44.9 Å². The molecule has 4 aromatic rings. The maximum atomic E-state index is 13.3. The summed E-state index contributed by atoms with van der Waals surface area (Å²) in [6.45, 7) is 32.5. The van der Waals surface area contributed by atoms with Gasteiger partial charge in [0.2, 0.25) is 11.8 Å². The zero-order chi connectivity index (χ0) is 55.1. The molecular formula is C60H84N4O6S4. The van der Waals surface area contributed by atoms with Gasteiger partial charge in [-0.25, -0.2) is 0 Å². The number of hydrogen-bond donors (Lipinski definition) is 6. The van der Waals surface area contributed by atoms with E-state index in [9.17, 15) is 19.8 Å². The molecule has 0 spiro atoms. The predicted molar refractivity (Wildman–Crippen MR) is 319 cm³/mol. The molecule has 8 bridgehead atoms. The second-order valence-corrected chi connectivity index (χ2v) is 26.2. The average molecular weight is 1090 g/mol. The number of hydrogen-bond acceptors (Lipinski definition) is 8. The maximum Gasteiger partial charge on any atom is 0.239 e. The first-order valence-corrected chi connectivity index (χ1v) is 27.9. The van der Waals surface area contributed by atoms with Gasteiger partial charge >= 0.3 is 0 Å². The van der Waals surface area contributed by atoms with Gasteiger partial charge < -0.3 is 40.1 Å². The highest BCUT2D eigenvalue weighted by atomic mass is 32.1. The van der Waals surface area contributed by atoms with Crippen LogP contribution in [-0.2, 0) is 56.9 Å². The number of thiocarbonyl (C=S) groups is 2. The minimum Gasteiger partial charge on any atom is -0.507 e. The third-order valence-corrected chi connectivity index (χ3v) is 14.8. The van der Waals surface area contributed by atoms with Crippen LogP contribution in [0.4, 0.5) is 0 Å². The highest BCUT2D eigenvalue weighted by molar-refractivity contribution is 8.11. The van der Waals surface area contributed by atoms with E-state index >= 15 is 0 Å². The second-order valence-electron chi connectivity index (χ2n) is 24.0. The molecule has 4 aromatic carbocycles. The molecule has 0 radical (unpaired) electrons. The number of phenols is 2. The number of phenolic OH excluding ortho intramolecular Hbond substituents is 2. The molecule has 0 atom stereocenters. The fraction of sp³-hybridized carbons (Fsp3) is 0.533. The van der Waals surface area contributed by atoms with Gasteiger partial charge in [0.25, 0.3) is 0 Å². The molecule has 404 valence electrons. The topological polar surface area (TPSA) is 124 Å². The molecule has 0 aromatic heterocycles. The summed E-state index contributed by atoms with van der Waals surface area (Å²) in [5, 5.41) is 31.4. The molecule has 2 amide bonds. The Labute approximate surface area is 465 Å². The van der Waals surface area contributed by atoms with Crippen molar-refractivity contribution in [3.63, 3.8) is 0 Å². The molecule has 74 heavy (non-hydrogen) atoms. The van der Waals surface area contributed by atoms with Gasteiger partial charge in [-0.2, -0.15) is 0 Å². The molecule has 1 aliphatic rings. The van der Waals surface area contributed by atoms with Gasteiger partial charge in [0.05, 0.1) is 26.2 Å². The molecule has 0 aliphatic heterocycles. The van der Waals surface area contributed by atoms with Crippen molar-refractivity contribution in [3.8, 4) is 23.0 Å². The first-order chi connectivity index (χ1) is 34.4. The van der Waals surface area contributed by atoms with Crippen molar-refractivity contribution >= 4 is 70.1 Å². The number of nitrogens with one attached hydrogen (secondary N) is 2. The van der Waals surface area contributed by atoms with Crippen molar-refractivity contribution < 1.29 is 29.3 Å². The van der Waals surface area contributed by atoms with Crippen molar-refractivity contribution in [3.05, 3.63) is 115 Å². The monoisotopic (exact) mass is 1080 g/mol. The van der Waals surface area contributed by atoms with Crippen LogP contribution >= 0.6 is 49.7 Å². The van der Waals surface area contributed by atoms with Gasteiger partial charge in [-0.1, -0.05) is 169 Å². The van der Waals surface area contributed by atoms with Crippen LogP contribution < -0.4 is 20.1 Å². The Morgan fingerprint density at radius 3 is 1.07 bits per heavy atom. The van der Waals surface area contributed by atoms with Crippen LogP contribution in [0.15, 0.2) is 48.5 Å². The van der Waals surface area contributed by atoms with Crippen molar-refractivity contribution in [2.24, 2.45) is 0 Å². The quantitative estimate of drug-likeness (QED) is 0.0323. The van der Waals surface area contributed by atoms with Crippen molar-refractivity contribution in [1.29, 1.82) is 0 Å². The summed E-state index contributed by atoms with van der Waals surface area (Å²) in [7, 11) is 0. The van der Waals surface area contributed by atoms with Crippen LogP contribution in [0.2, 0.25) is 0 Å². The van der Waals surface area contributed by atoms with Crippen molar-refractivity contribution in [2.45, 2.75) is 157 Å². The Kier molecular flexibility index (Phi) is 20.5. The van der Waals surface area contributed by atoms with E-state index < -0.39 is 0 Å². The van der Waals surface area contributed by atoms with Crippen molar-refractivity contribution in [2.75, 3.05) is 52.5 Å². The molecule has 1 aliphatic carbocycles. The molecule has 0 saturated heterocycles. The number of carbonyl (C=O) groups is 2. The minimum atomic E-state index is -0.276. The third kappa shape index (κ3) is 16.3. The summed E-state index contributed by atoms with van der Waals surface area (Å²) >= 11 is 19.2. The molecule has 14 heteroatoms. The summed E-state index contributed by atoms with van der Waals surface area (Å²) in [5.41, 5.74) is 9.79. The van der Waals surface area contributed by atoms with Gasteiger partial charge in [0.15, 0.2) is 0 Å². The van der Waals surface area contributed by atoms with E-state index in [2.05, 4.69) is 174 Å². The van der Waals surface area contributed by atoms with Gasteiger partial charge in [-0.3, -0.25) is 9.59 Å². The first-order valence-electron chi connectivity index (χ1n) is 26.2. The number of ether oxygens (including phenoxy) is 2. The predicted octanol–water partition coefficient (Wildman–Crippen LogP) is 11.8. The van der Waals surface area contributed by atoms with E-state index in [1.54, 1.807) is 9.80 Å². The van der Waals surface area contributed by atoms with E-state index in [1.807, 2.05) is 6.92 Å². The lowest BCUT2D eigenvalue weighted by atomic mass is 9.79. The summed E-state index contributed by atoms with van der Waals surface area (Å²) in [5.74, 6) is 1.34. The normalized spacial score (nSPS) is 13.0. The lowest BCUT2D eigenvalue weighted by Gasteiger charge is -2.28. The summed E-state index contributed by atoms with van der Waals surface area (Å²) in [6, 6.07) is 17.2. The standard InChI is InChI=1S/C60H84N4O6S4/c1-15-17-20-64(56(73)74)36-50(66)62-19-22-70-54-43-25-39-29-45(57(3,4)5)27-37(51(39)67)23-41-31-47(59(9,10)11)32-42(53(41)69-21-18-61-49(65)35-63(16-2)55(71)72)24-38-28-46(58(6,7)8)30-40(52(38)68)26-44(54)34-48(33-43)60(12,13)14/h27-34,67-68H,15-26,35-36H2,1-14H3,(H,61,65)(H,62,66)(H,71,72)(H,73,74). The summed E-state index contributed by atoms with van der Waals surface area (Å²) in [6.07, 6.45) is 3.24. The van der Waals surface area contributed by atoms with Crippen LogP contribution in [-0.4, -0.2) is 93.0 Å². The molecule has 10 nitrogen and oxygen atoms in total. The number of rotatable bonds is 16. The van der Waals surface area contributed by atoms with E-state index in [-0.39, 0.29) is 84.4 Å². The number of fused-ring (bicyclic) bond motifs is 8. The van der Waals surface area contributed by atoms with Gasteiger partial charge in [-0.05, 0) is 102 Å². The fourth-order valence-corrected chi connectivity index (χ4v) is 9.80. The number of thiol groups is 2. The molecular weight excluding hydrogens is 1000 g/mol. The number of benzene rings is 4. The SMILES string of the molecule is CCCCN(CC(=O)NCCOc1c2cc(C(C)(C)C)cc1Cc1cc(C(C)(C)C)cc(c1O)Cc1cc(C(C)(C)C)cc(c1OCCNC(=O)CN(CC)C(=S)S)Cc1cc(C(C)(C)C)cc(c1O)C2)C(=S)S. The number of likely N-dealkylation sites (N-methyl/N-ethyl adjacent to an activating group) is 1. The number of aromatic hydroxyl groups is 2. The Hall–Kier alpha value is -4.50. The van der Waals surface area contributed by atoms with Crippen LogP contribution in [0.1, 0.15) is 177 Å². The number of carbonyl (C=O) groups excluding carboxylic acids is 2. The highest BCUT2D eigenvalue weighted by Crippen LogP contribution is 2.44. The van der Waals surface area contributed by atoms with E-state index in [0.717, 1.165) is 79.6 Å². The van der Waals surface area contributed by atoms with Crippen LogP contribution in [0.25, 0.3) is 0 Å². The van der Waals surface area contributed by atoms with Crippen LogP contribution in [0, 0.1) is 0 Å². The summed E-state index contributed by atoms with van der Waals surface area (Å²) in [4.78, 5) is 29.9. The Morgan fingerprint density at radius 1 is 0.527 bits per heavy atom. The molecule has 0 saturated carbocycles. The Bertz CT molecular complexity index is 2570. The third-order valence-electron chi connectivity index (χ3n) is 13.7. The number of unbranched alkanes of at least 4 members (excludes halogenated alkanes) is 1. The fourth-order valence-electron chi connectivity index (χ4n) is 9.07. The molecule has 5 rings (SSSR count). The van der Waals surface area contributed by atoms with Crippen LogP contribution in [0.3, 0.4) is 0 Å². The molecule has 0 fully saturated rings. The second kappa shape index (κ2) is 25.1. The zero-order valence-corrected chi connectivity index (χ0v) is 50.1. The lowest BCUT2D eigenvalue weighted by molar-refractivity contribution is -0.122. The van der Waals surface area contributed by atoms with Gasteiger partial charge in [-0.15, -0.1) is 25.3 Å². The molecule has 0 heterocycles. The molecule has 4 N–H and O–H groups in total. The Morgan fingerprint density at radius 2 is 0.811 bits per heavy atom. The van der Waals surface area contributed by atoms with E-state index in [1.165, 1.54) is 0 Å². The summed E-state index contributed by atoms with van der Waals surface area (Å²) < 4.78 is 14.5. The van der Waals surface area contributed by atoms with Gasteiger partial charge in [0, 0.05) is 38.8 Å². The zero-order valence-electron chi connectivity index (χ0n) is 46.7. The molecule has 0 unspecified atom stereocenters. The Balaban J connectivity index is 1.75. The largest absolute Gasteiger partial charge is 0.507 e. The lowest BCUT2D eigenvalue weighted by Crippen LogP contribution is -2.40. The highest BCUT2D eigenvalue weighted by Gasteiger charge is 2.29. The van der Waals surface area contributed by atoms with E-state index in [0.29, 0.717) is 58.9 Å². The van der Waals surface area contributed by atoms with Crippen LogP contribution in [0.5, 0.6) is 23.0 Å². The van der Waals surface area contributed by atoms with Crippen molar-refractivity contribution in [1.82, 2.24) is 20.4 Å². The first kappa shape index (κ1) is 60.4.